The van der Waals surface area contributed by atoms with Crippen LogP contribution in [0.1, 0.15) is 27.0 Å². The standard InChI is InChI=1S/C16H16FNO/c1-10-5-11(2)7-12(6-10)8-16(19)13-3-4-15(18)14(17)9-13/h3-7,9H,8,18H2,1-2H3. The molecule has 2 aromatic rings. The predicted molar refractivity (Wildman–Crippen MR) is 74.8 cm³/mol. The number of ketones is 1. The van der Waals surface area contributed by atoms with Crippen LogP contribution in [0.5, 0.6) is 0 Å². The largest absolute Gasteiger partial charge is 0.396 e. The van der Waals surface area contributed by atoms with E-state index in [-0.39, 0.29) is 17.9 Å². The topological polar surface area (TPSA) is 43.1 Å². The van der Waals surface area contributed by atoms with E-state index in [4.69, 9.17) is 5.73 Å². The Balaban J connectivity index is 2.22. The highest BCUT2D eigenvalue weighted by molar-refractivity contribution is 5.97. The van der Waals surface area contributed by atoms with Crippen molar-refractivity contribution in [3.63, 3.8) is 0 Å². The van der Waals surface area contributed by atoms with Gasteiger partial charge in [0.1, 0.15) is 5.82 Å². The lowest BCUT2D eigenvalue weighted by atomic mass is 9.99. The van der Waals surface area contributed by atoms with E-state index in [9.17, 15) is 9.18 Å². The van der Waals surface area contributed by atoms with E-state index < -0.39 is 5.82 Å². The second kappa shape index (κ2) is 5.22. The lowest BCUT2D eigenvalue weighted by molar-refractivity contribution is 0.0992. The summed E-state index contributed by atoms with van der Waals surface area (Å²) in [5.41, 5.74) is 8.98. The minimum Gasteiger partial charge on any atom is -0.396 e. The van der Waals surface area contributed by atoms with Gasteiger partial charge in [-0.05, 0) is 37.6 Å². The maximum atomic E-state index is 13.3. The molecule has 0 bridgehead atoms. The predicted octanol–water partition coefficient (Wildman–Crippen LogP) is 3.45. The third kappa shape index (κ3) is 3.19. The third-order valence-electron chi connectivity index (χ3n) is 2.97. The normalized spacial score (nSPS) is 10.5. The van der Waals surface area contributed by atoms with Gasteiger partial charge in [-0.3, -0.25) is 4.79 Å². The summed E-state index contributed by atoms with van der Waals surface area (Å²) >= 11 is 0. The zero-order chi connectivity index (χ0) is 14.0. The maximum absolute atomic E-state index is 13.3. The smallest absolute Gasteiger partial charge is 0.167 e. The van der Waals surface area contributed by atoms with Gasteiger partial charge in [0.15, 0.2) is 5.78 Å². The van der Waals surface area contributed by atoms with Crippen LogP contribution >= 0.6 is 0 Å². The molecule has 0 spiro atoms. The SMILES string of the molecule is Cc1cc(C)cc(CC(=O)c2ccc(N)c(F)c2)c1. The molecule has 0 amide bonds. The molecule has 0 fully saturated rings. The number of benzene rings is 2. The Bertz CT molecular complexity index is 614. The van der Waals surface area contributed by atoms with Crippen molar-refractivity contribution >= 4 is 11.5 Å². The van der Waals surface area contributed by atoms with Gasteiger partial charge in [-0.1, -0.05) is 29.3 Å². The minimum absolute atomic E-state index is 0.0583. The quantitative estimate of drug-likeness (QED) is 0.676. The molecular weight excluding hydrogens is 241 g/mol. The molecule has 0 aliphatic rings. The van der Waals surface area contributed by atoms with Gasteiger partial charge in [-0.15, -0.1) is 0 Å². The first kappa shape index (κ1) is 13.3. The molecule has 0 aromatic heterocycles. The third-order valence-corrected chi connectivity index (χ3v) is 2.97. The molecule has 0 aliphatic carbocycles. The first-order chi connectivity index (χ1) is 8.95. The first-order valence-electron chi connectivity index (χ1n) is 6.11. The molecule has 2 N–H and O–H groups in total. The van der Waals surface area contributed by atoms with E-state index in [0.29, 0.717) is 5.56 Å². The molecule has 0 unspecified atom stereocenters. The fourth-order valence-electron chi connectivity index (χ4n) is 2.16. The summed E-state index contributed by atoms with van der Waals surface area (Å²) in [5, 5.41) is 0. The number of Topliss-reactive ketones (excluding diaryl/α,β-unsaturated/α-hetero) is 1. The molecule has 2 nitrogen and oxygen atoms in total. The number of nitrogens with two attached hydrogens (primary N) is 1. The van der Waals surface area contributed by atoms with Gasteiger partial charge in [0.2, 0.25) is 0 Å². The molecule has 0 radical (unpaired) electrons. The fraction of sp³-hybridized carbons (Fsp3) is 0.188. The van der Waals surface area contributed by atoms with Crippen molar-refractivity contribution in [2.75, 3.05) is 5.73 Å². The second-order valence-corrected chi connectivity index (χ2v) is 4.83. The van der Waals surface area contributed by atoms with Crippen LogP contribution in [0.2, 0.25) is 0 Å². The van der Waals surface area contributed by atoms with Crippen LogP contribution in [0.15, 0.2) is 36.4 Å². The number of nitrogen functional groups attached to an aromatic ring is 1. The molecule has 98 valence electrons. The number of carbonyl (C=O) groups is 1. The van der Waals surface area contributed by atoms with Gasteiger partial charge in [0, 0.05) is 12.0 Å². The van der Waals surface area contributed by atoms with Crippen molar-refractivity contribution in [2.45, 2.75) is 20.3 Å². The first-order valence-corrected chi connectivity index (χ1v) is 6.11. The van der Waals surface area contributed by atoms with Crippen molar-refractivity contribution in [3.8, 4) is 0 Å². The van der Waals surface area contributed by atoms with E-state index in [1.807, 2.05) is 26.0 Å². The maximum Gasteiger partial charge on any atom is 0.167 e. The van der Waals surface area contributed by atoms with Crippen LogP contribution in [0.25, 0.3) is 0 Å². The van der Waals surface area contributed by atoms with Gasteiger partial charge >= 0.3 is 0 Å². The van der Waals surface area contributed by atoms with Crippen LogP contribution in [0.4, 0.5) is 10.1 Å². The van der Waals surface area contributed by atoms with E-state index in [2.05, 4.69) is 6.07 Å². The Labute approximate surface area is 112 Å². The molecule has 3 heteroatoms. The number of hydrogen-bond donors (Lipinski definition) is 1. The fourth-order valence-corrected chi connectivity index (χ4v) is 2.16. The Morgan fingerprint density at radius 1 is 1.11 bits per heavy atom. The summed E-state index contributed by atoms with van der Waals surface area (Å²) in [6.07, 6.45) is 0.270. The summed E-state index contributed by atoms with van der Waals surface area (Å²) in [6, 6.07) is 10.2. The molecule has 0 saturated carbocycles. The number of aryl methyl sites for hydroxylation is 2. The summed E-state index contributed by atoms with van der Waals surface area (Å²) in [7, 11) is 0. The van der Waals surface area contributed by atoms with Gasteiger partial charge in [0.05, 0.1) is 5.69 Å². The molecule has 0 aliphatic heterocycles. The number of anilines is 1. The van der Waals surface area contributed by atoms with Gasteiger partial charge < -0.3 is 5.73 Å². The van der Waals surface area contributed by atoms with E-state index in [1.54, 1.807) is 6.07 Å². The van der Waals surface area contributed by atoms with Crippen molar-refractivity contribution in [3.05, 3.63) is 64.5 Å². The summed E-state index contributed by atoms with van der Waals surface area (Å²) < 4.78 is 13.3. The summed E-state index contributed by atoms with van der Waals surface area (Å²) in [4.78, 5) is 12.1. The van der Waals surface area contributed by atoms with Crippen molar-refractivity contribution < 1.29 is 9.18 Å². The van der Waals surface area contributed by atoms with Crippen LogP contribution < -0.4 is 5.73 Å². The Morgan fingerprint density at radius 2 is 1.74 bits per heavy atom. The number of carbonyl (C=O) groups excluding carboxylic acids is 1. The van der Waals surface area contributed by atoms with Gasteiger partial charge in [-0.25, -0.2) is 4.39 Å². The average molecular weight is 257 g/mol. The molecule has 2 aromatic carbocycles. The number of hydrogen-bond acceptors (Lipinski definition) is 2. The molecule has 0 saturated heterocycles. The highest BCUT2D eigenvalue weighted by Crippen LogP contribution is 2.16. The van der Waals surface area contributed by atoms with Crippen molar-refractivity contribution in [1.82, 2.24) is 0 Å². The molecule has 19 heavy (non-hydrogen) atoms. The van der Waals surface area contributed by atoms with E-state index >= 15 is 0 Å². The Hall–Kier alpha value is -2.16. The van der Waals surface area contributed by atoms with Crippen molar-refractivity contribution in [1.29, 1.82) is 0 Å². The molecular formula is C16H16FNO. The van der Waals surface area contributed by atoms with E-state index in [0.717, 1.165) is 16.7 Å². The van der Waals surface area contributed by atoms with Gasteiger partial charge in [-0.2, -0.15) is 0 Å². The van der Waals surface area contributed by atoms with Crippen LogP contribution in [-0.4, -0.2) is 5.78 Å². The highest BCUT2D eigenvalue weighted by Gasteiger charge is 2.10. The number of rotatable bonds is 3. The summed E-state index contributed by atoms with van der Waals surface area (Å²) in [5.74, 6) is -0.657. The second-order valence-electron chi connectivity index (χ2n) is 4.83. The van der Waals surface area contributed by atoms with Crippen molar-refractivity contribution in [2.24, 2.45) is 0 Å². The van der Waals surface area contributed by atoms with Crippen LogP contribution in [0.3, 0.4) is 0 Å². The van der Waals surface area contributed by atoms with Gasteiger partial charge in [0.25, 0.3) is 0 Å². The van der Waals surface area contributed by atoms with Crippen LogP contribution in [-0.2, 0) is 6.42 Å². The zero-order valence-electron chi connectivity index (χ0n) is 11.0. The van der Waals surface area contributed by atoms with Crippen LogP contribution in [0, 0.1) is 19.7 Å². The Kier molecular flexibility index (Phi) is 3.65. The average Bonchev–Trinajstić information content (AvgIpc) is 2.31. The number of halogens is 1. The monoisotopic (exact) mass is 257 g/mol. The molecule has 0 atom stereocenters. The molecule has 2 rings (SSSR count). The molecule has 0 heterocycles. The lowest BCUT2D eigenvalue weighted by Crippen LogP contribution is -2.05. The minimum atomic E-state index is -0.550. The zero-order valence-corrected chi connectivity index (χ0v) is 11.0. The Morgan fingerprint density at radius 3 is 2.32 bits per heavy atom. The van der Waals surface area contributed by atoms with E-state index in [1.165, 1.54) is 12.1 Å². The highest BCUT2D eigenvalue weighted by atomic mass is 19.1. The summed E-state index contributed by atoms with van der Waals surface area (Å²) in [6.45, 7) is 3.98. The lowest BCUT2D eigenvalue weighted by Gasteiger charge is -2.05.